The van der Waals surface area contributed by atoms with E-state index in [4.69, 9.17) is 18.9 Å². The maximum Gasteiger partial charge on any atom is 0.161 e. The fourth-order valence-corrected chi connectivity index (χ4v) is 10.7. The molecule has 0 N–H and O–H groups in total. The Hall–Kier alpha value is -0.160. The molecule has 0 aromatic rings. The smallest absolute Gasteiger partial charge is 0.161 e. The second-order valence-corrected chi connectivity index (χ2v) is 14.9. The lowest BCUT2D eigenvalue weighted by molar-refractivity contribution is -0.290. The van der Waals surface area contributed by atoms with Crippen molar-refractivity contribution < 1.29 is 18.9 Å². The van der Waals surface area contributed by atoms with E-state index in [1.165, 1.54) is 44.9 Å². The Bertz CT molecular complexity index is 786. The predicted octanol–water partition coefficient (Wildman–Crippen LogP) is 7.69. The summed E-state index contributed by atoms with van der Waals surface area (Å²) in [6.45, 7) is 16.9. The van der Waals surface area contributed by atoms with E-state index >= 15 is 0 Å². The van der Waals surface area contributed by atoms with Gasteiger partial charge in [-0.1, -0.05) is 47.5 Å². The summed E-state index contributed by atoms with van der Waals surface area (Å²) in [6, 6.07) is 0. The molecule has 0 aromatic heterocycles. The van der Waals surface area contributed by atoms with Crippen LogP contribution < -0.4 is 0 Å². The topological polar surface area (TPSA) is 36.9 Å². The normalized spacial score (nSPS) is 58.0. The van der Waals surface area contributed by atoms with Crippen molar-refractivity contribution >= 4 is 0 Å². The van der Waals surface area contributed by atoms with Gasteiger partial charge in [-0.05, 0) is 112 Å². The Balaban J connectivity index is 1.16. The van der Waals surface area contributed by atoms with Crippen molar-refractivity contribution in [2.75, 3.05) is 0 Å². The highest BCUT2D eigenvalue weighted by Gasteiger charge is 2.55. The lowest BCUT2D eigenvalue weighted by Crippen LogP contribution is -2.55. The Labute approximate surface area is 227 Å². The number of hydrogen-bond acceptors (Lipinski definition) is 4. The van der Waals surface area contributed by atoms with Crippen molar-refractivity contribution in [1.29, 1.82) is 0 Å². The number of rotatable bonds is 3. The van der Waals surface area contributed by atoms with Gasteiger partial charge in [-0.2, -0.15) is 0 Å². The van der Waals surface area contributed by atoms with Crippen LogP contribution in [0.15, 0.2) is 0 Å². The van der Waals surface area contributed by atoms with E-state index in [1.54, 1.807) is 0 Å². The van der Waals surface area contributed by atoms with Crippen LogP contribution in [-0.2, 0) is 18.9 Å². The Morgan fingerprint density at radius 1 is 0.459 bits per heavy atom. The monoisotopic (exact) mass is 516 g/mol. The van der Waals surface area contributed by atoms with Crippen LogP contribution in [0.25, 0.3) is 0 Å². The molecule has 17 unspecified atom stereocenters. The summed E-state index contributed by atoms with van der Waals surface area (Å²) in [5.41, 5.74) is 0. The molecule has 0 bridgehead atoms. The summed E-state index contributed by atoms with van der Waals surface area (Å²) in [7, 11) is 0. The van der Waals surface area contributed by atoms with Gasteiger partial charge in [0, 0.05) is 11.8 Å². The van der Waals surface area contributed by atoms with Crippen molar-refractivity contribution in [2.24, 2.45) is 65.1 Å². The Kier molecular flexibility index (Phi) is 7.80. The zero-order chi connectivity index (χ0) is 26.0. The van der Waals surface area contributed by atoms with E-state index < -0.39 is 0 Å². The SMILES string of the molecule is CC1CCC2C(C)CCC3C(C)C(CCC4OC5OC(C)CC(C)C6C(C)CCC(C4C)C56)OC(O1)C23. The molecule has 2 aliphatic carbocycles. The molecule has 4 heteroatoms. The van der Waals surface area contributed by atoms with Crippen LogP contribution in [0.1, 0.15) is 106 Å². The molecular weight excluding hydrogens is 460 g/mol. The van der Waals surface area contributed by atoms with Crippen molar-refractivity contribution in [3.05, 3.63) is 0 Å². The van der Waals surface area contributed by atoms with E-state index in [9.17, 15) is 0 Å². The van der Waals surface area contributed by atoms with Crippen molar-refractivity contribution in [1.82, 2.24) is 0 Å². The molecule has 4 saturated heterocycles. The maximum atomic E-state index is 6.94. The highest BCUT2D eigenvalue weighted by Crippen LogP contribution is 2.56. The van der Waals surface area contributed by atoms with Gasteiger partial charge in [-0.25, -0.2) is 0 Å². The van der Waals surface area contributed by atoms with Gasteiger partial charge in [0.05, 0.1) is 24.4 Å². The van der Waals surface area contributed by atoms with Crippen LogP contribution >= 0.6 is 0 Å². The second kappa shape index (κ2) is 10.7. The summed E-state index contributed by atoms with van der Waals surface area (Å²) < 4.78 is 27.1. The summed E-state index contributed by atoms with van der Waals surface area (Å²) >= 11 is 0. The van der Waals surface area contributed by atoms with Crippen LogP contribution in [0, 0.1) is 65.1 Å². The standard InChI is InChI=1S/C33H56O4/c1-17-8-11-25-22(6)27(36-32-30(25)24(17)13-10-20(4)34-32)14-15-28-23(7)26-12-9-18(2)29-19(3)16-21(5)35-33(37-28)31(26)29/h17-33H,8-16H2,1-7H3. The quantitative estimate of drug-likeness (QED) is 0.385. The molecule has 6 aliphatic rings. The van der Waals surface area contributed by atoms with Gasteiger partial charge in [0.1, 0.15) is 0 Å². The molecule has 17 atom stereocenters. The van der Waals surface area contributed by atoms with Gasteiger partial charge in [0.2, 0.25) is 0 Å². The third-order valence-electron chi connectivity index (χ3n) is 12.7. The van der Waals surface area contributed by atoms with Crippen LogP contribution in [0.4, 0.5) is 0 Å². The lowest BCUT2D eigenvalue weighted by atomic mass is 9.58. The van der Waals surface area contributed by atoms with Gasteiger partial charge in [-0.3, -0.25) is 0 Å². The first kappa shape index (κ1) is 27.0. The molecule has 0 radical (unpaired) electrons. The van der Waals surface area contributed by atoms with E-state index in [2.05, 4.69) is 48.5 Å². The molecule has 0 spiro atoms. The highest BCUT2D eigenvalue weighted by atomic mass is 16.7. The van der Waals surface area contributed by atoms with Gasteiger partial charge in [-0.15, -0.1) is 0 Å². The maximum absolute atomic E-state index is 6.94. The predicted molar refractivity (Wildman–Crippen MR) is 147 cm³/mol. The van der Waals surface area contributed by atoms with Gasteiger partial charge >= 0.3 is 0 Å². The summed E-state index contributed by atoms with van der Waals surface area (Å²) in [5, 5.41) is 0. The van der Waals surface area contributed by atoms with Gasteiger partial charge in [0.15, 0.2) is 12.6 Å². The molecular formula is C33H56O4. The summed E-state index contributed by atoms with van der Waals surface area (Å²) in [4.78, 5) is 0. The molecule has 2 saturated carbocycles. The van der Waals surface area contributed by atoms with E-state index in [-0.39, 0.29) is 24.8 Å². The number of ether oxygens (including phenoxy) is 4. The Morgan fingerprint density at radius 3 is 1.68 bits per heavy atom. The lowest BCUT2D eigenvalue weighted by Gasteiger charge is -2.54. The summed E-state index contributed by atoms with van der Waals surface area (Å²) in [5.74, 6) is 7.68. The Morgan fingerprint density at radius 2 is 1.00 bits per heavy atom. The summed E-state index contributed by atoms with van der Waals surface area (Å²) in [6.07, 6.45) is 12.5. The second-order valence-electron chi connectivity index (χ2n) is 14.9. The first-order chi connectivity index (χ1) is 17.7. The molecule has 4 heterocycles. The van der Waals surface area contributed by atoms with Crippen molar-refractivity contribution in [3.63, 3.8) is 0 Å². The molecule has 0 amide bonds. The minimum atomic E-state index is -0.0143. The first-order valence-corrected chi connectivity index (χ1v) is 16.3. The van der Waals surface area contributed by atoms with Gasteiger partial charge < -0.3 is 18.9 Å². The van der Waals surface area contributed by atoms with Gasteiger partial charge in [0.25, 0.3) is 0 Å². The van der Waals surface area contributed by atoms with Crippen molar-refractivity contribution in [3.8, 4) is 0 Å². The molecule has 4 nitrogen and oxygen atoms in total. The van der Waals surface area contributed by atoms with Crippen molar-refractivity contribution in [2.45, 2.75) is 143 Å². The first-order valence-electron chi connectivity index (χ1n) is 16.3. The van der Waals surface area contributed by atoms with Crippen LogP contribution in [0.3, 0.4) is 0 Å². The van der Waals surface area contributed by atoms with Crippen LogP contribution in [0.2, 0.25) is 0 Å². The van der Waals surface area contributed by atoms with E-state index in [1.807, 2.05) is 0 Å². The average Bonchev–Trinajstić information content (AvgIpc) is 3.10. The fraction of sp³-hybridized carbons (Fsp3) is 1.00. The third kappa shape index (κ3) is 4.87. The molecule has 4 aliphatic heterocycles. The zero-order valence-electron chi connectivity index (χ0n) is 24.8. The fourth-order valence-electron chi connectivity index (χ4n) is 10.7. The molecule has 6 fully saturated rings. The minimum Gasteiger partial charge on any atom is -0.349 e. The zero-order valence-corrected chi connectivity index (χ0v) is 24.8. The molecule has 212 valence electrons. The average molecular weight is 517 g/mol. The molecule has 0 aromatic carbocycles. The molecule has 6 rings (SSSR count). The third-order valence-corrected chi connectivity index (χ3v) is 12.7. The van der Waals surface area contributed by atoms with Crippen LogP contribution in [-0.4, -0.2) is 37.0 Å². The minimum absolute atomic E-state index is 0.00125. The molecule has 37 heavy (non-hydrogen) atoms. The van der Waals surface area contributed by atoms with E-state index in [0.717, 1.165) is 54.3 Å². The van der Waals surface area contributed by atoms with E-state index in [0.29, 0.717) is 35.9 Å². The van der Waals surface area contributed by atoms with Crippen LogP contribution in [0.5, 0.6) is 0 Å². The number of hydrogen-bond donors (Lipinski definition) is 0. The largest absolute Gasteiger partial charge is 0.349 e. The highest BCUT2D eigenvalue weighted by molar-refractivity contribution is 5.00.